The molecular formula is C18H16ClN3O2. The third kappa shape index (κ3) is 2.78. The summed E-state index contributed by atoms with van der Waals surface area (Å²) in [5.41, 5.74) is 0.416. The lowest BCUT2D eigenvalue weighted by Gasteiger charge is -2.24. The molecule has 1 N–H and O–H groups in total. The molecule has 0 saturated carbocycles. The van der Waals surface area contributed by atoms with Gasteiger partial charge in [0.15, 0.2) is 0 Å². The summed E-state index contributed by atoms with van der Waals surface area (Å²) in [5, 5.41) is 8.33. The molecule has 3 rings (SSSR count). The summed E-state index contributed by atoms with van der Waals surface area (Å²) in [6, 6.07) is 15.6. The minimum absolute atomic E-state index is 0.383. The van der Waals surface area contributed by atoms with E-state index in [1.165, 1.54) is 6.21 Å². The van der Waals surface area contributed by atoms with E-state index in [1.807, 2.05) is 37.3 Å². The molecule has 0 spiro atoms. The molecule has 0 aliphatic carbocycles. The van der Waals surface area contributed by atoms with Crippen molar-refractivity contribution >= 4 is 29.8 Å². The molecule has 24 heavy (non-hydrogen) atoms. The SMILES string of the molecule is CC[C@]1(c2ccccc2)NC(=O)N(/N=C\c2ccc(Cl)cc2)C1=O. The molecule has 1 aliphatic rings. The molecule has 0 unspecified atom stereocenters. The lowest BCUT2D eigenvalue weighted by molar-refractivity contribution is -0.131. The van der Waals surface area contributed by atoms with Crippen molar-refractivity contribution in [3.8, 4) is 0 Å². The highest BCUT2D eigenvalue weighted by molar-refractivity contribution is 6.30. The van der Waals surface area contributed by atoms with Crippen molar-refractivity contribution in [2.45, 2.75) is 18.9 Å². The summed E-state index contributed by atoms with van der Waals surface area (Å²) in [4.78, 5) is 25.1. The fourth-order valence-corrected chi connectivity index (χ4v) is 2.83. The van der Waals surface area contributed by atoms with Crippen molar-refractivity contribution in [3.05, 3.63) is 70.7 Å². The minimum Gasteiger partial charge on any atom is -0.318 e. The van der Waals surface area contributed by atoms with Crippen molar-refractivity contribution in [3.63, 3.8) is 0 Å². The van der Waals surface area contributed by atoms with Gasteiger partial charge in [0.2, 0.25) is 0 Å². The van der Waals surface area contributed by atoms with Crippen molar-refractivity contribution in [1.82, 2.24) is 10.3 Å². The average Bonchev–Trinajstić information content (AvgIpc) is 2.86. The summed E-state index contributed by atoms with van der Waals surface area (Å²) in [6.07, 6.45) is 1.90. The van der Waals surface area contributed by atoms with E-state index < -0.39 is 11.6 Å². The number of hydrogen-bond donors (Lipinski definition) is 1. The molecule has 122 valence electrons. The predicted octanol–water partition coefficient (Wildman–Crippen LogP) is 3.53. The molecule has 5 nitrogen and oxygen atoms in total. The number of urea groups is 1. The van der Waals surface area contributed by atoms with E-state index in [1.54, 1.807) is 24.3 Å². The van der Waals surface area contributed by atoms with E-state index >= 15 is 0 Å². The molecule has 2 aromatic carbocycles. The third-order valence-corrected chi connectivity index (χ3v) is 4.31. The van der Waals surface area contributed by atoms with E-state index in [0.29, 0.717) is 11.4 Å². The largest absolute Gasteiger partial charge is 0.346 e. The van der Waals surface area contributed by atoms with Crippen molar-refractivity contribution in [2.75, 3.05) is 0 Å². The van der Waals surface area contributed by atoms with Gasteiger partial charge in [-0.15, -0.1) is 5.01 Å². The molecule has 2 aromatic rings. The van der Waals surface area contributed by atoms with Crippen molar-refractivity contribution < 1.29 is 9.59 Å². The fraction of sp³-hybridized carbons (Fsp3) is 0.167. The highest BCUT2D eigenvalue weighted by atomic mass is 35.5. The number of nitrogens with zero attached hydrogens (tertiary/aromatic N) is 2. The number of carbonyl (C=O) groups is 2. The molecule has 0 radical (unpaired) electrons. The first-order valence-electron chi connectivity index (χ1n) is 7.58. The summed E-state index contributed by atoms with van der Waals surface area (Å²) in [5.74, 6) is -0.383. The normalized spacial score (nSPS) is 20.7. The summed E-state index contributed by atoms with van der Waals surface area (Å²) >= 11 is 5.84. The van der Waals surface area contributed by atoms with Gasteiger partial charge in [0, 0.05) is 5.02 Å². The van der Waals surface area contributed by atoms with Crippen LogP contribution in [0.25, 0.3) is 0 Å². The number of nitrogens with one attached hydrogen (secondary N) is 1. The van der Waals surface area contributed by atoms with Gasteiger partial charge in [-0.05, 0) is 29.7 Å². The summed E-state index contributed by atoms with van der Waals surface area (Å²) in [6.45, 7) is 1.86. The molecule has 1 fully saturated rings. The van der Waals surface area contributed by atoms with Crippen molar-refractivity contribution in [1.29, 1.82) is 0 Å². The zero-order chi connectivity index (χ0) is 17.2. The first-order valence-corrected chi connectivity index (χ1v) is 7.96. The molecule has 1 saturated heterocycles. The number of rotatable bonds is 4. The van der Waals surface area contributed by atoms with Crippen LogP contribution in [0.2, 0.25) is 5.02 Å². The third-order valence-electron chi connectivity index (χ3n) is 4.06. The van der Waals surface area contributed by atoms with E-state index in [2.05, 4.69) is 10.4 Å². The predicted molar refractivity (Wildman–Crippen MR) is 92.8 cm³/mol. The average molecular weight is 342 g/mol. The molecule has 6 heteroatoms. The van der Waals surface area contributed by atoms with Crippen LogP contribution in [0, 0.1) is 0 Å². The maximum absolute atomic E-state index is 12.9. The lowest BCUT2D eigenvalue weighted by atomic mass is 9.87. The van der Waals surface area contributed by atoms with Gasteiger partial charge in [-0.1, -0.05) is 61.0 Å². The van der Waals surface area contributed by atoms with Gasteiger partial charge in [0.05, 0.1) is 6.21 Å². The van der Waals surface area contributed by atoms with Crippen LogP contribution >= 0.6 is 11.6 Å². The highest BCUT2D eigenvalue weighted by Crippen LogP contribution is 2.32. The van der Waals surface area contributed by atoms with Crippen LogP contribution in [0.3, 0.4) is 0 Å². The number of hydrazone groups is 1. The van der Waals surface area contributed by atoms with Gasteiger partial charge in [-0.3, -0.25) is 4.79 Å². The number of carbonyl (C=O) groups excluding carboxylic acids is 2. The van der Waals surface area contributed by atoms with Gasteiger partial charge in [-0.25, -0.2) is 4.79 Å². The Labute approximate surface area is 144 Å². The second-order valence-electron chi connectivity index (χ2n) is 5.47. The minimum atomic E-state index is -1.07. The lowest BCUT2D eigenvalue weighted by Crippen LogP contribution is -2.43. The number of benzene rings is 2. The first kappa shape index (κ1) is 16.2. The van der Waals surface area contributed by atoms with Crippen LogP contribution in [-0.4, -0.2) is 23.2 Å². The van der Waals surface area contributed by atoms with E-state index in [9.17, 15) is 9.59 Å². The maximum atomic E-state index is 12.9. The smallest absolute Gasteiger partial charge is 0.318 e. The van der Waals surface area contributed by atoms with Gasteiger partial charge < -0.3 is 5.32 Å². The van der Waals surface area contributed by atoms with Crippen LogP contribution < -0.4 is 5.32 Å². The Morgan fingerprint density at radius 2 is 1.79 bits per heavy atom. The molecular weight excluding hydrogens is 326 g/mol. The first-order chi connectivity index (χ1) is 11.6. The number of imide groups is 1. The topological polar surface area (TPSA) is 61.8 Å². The summed E-state index contributed by atoms with van der Waals surface area (Å²) in [7, 11) is 0. The Balaban J connectivity index is 1.90. The second kappa shape index (κ2) is 6.45. The Morgan fingerprint density at radius 1 is 1.12 bits per heavy atom. The summed E-state index contributed by atoms with van der Waals surface area (Å²) < 4.78 is 0. The second-order valence-corrected chi connectivity index (χ2v) is 5.90. The molecule has 0 bridgehead atoms. The zero-order valence-electron chi connectivity index (χ0n) is 13.1. The van der Waals surface area contributed by atoms with Gasteiger partial charge >= 0.3 is 6.03 Å². The number of amides is 3. The van der Waals surface area contributed by atoms with E-state index in [0.717, 1.165) is 16.1 Å². The van der Waals surface area contributed by atoms with Gasteiger partial charge in [0.1, 0.15) is 5.54 Å². The number of hydrogen-bond acceptors (Lipinski definition) is 3. The molecule has 1 heterocycles. The molecule has 1 atom stereocenters. The van der Waals surface area contributed by atoms with Crippen LogP contribution in [0.4, 0.5) is 4.79 Å². The fourth-order valence-electron chi connectivity index (χ4n) is 2.70. The maximum Gasteiger partial charge on any atom is 0.346 e. The van der Waals surface area contributed by atoms with Crippen LogP contribution in [-0.2, 0) is 10.3 Å². The Morgan fingerprint density at radius 3 is 2.42 bits per heavy atom. The molecule has 0 aromatic heterocycles. The van der Waals surface area contributed by atoms with E-state index in [4.69, 9.17) is 11.6 Å². The quantitative estimate of drug-likeness (QED) is 0.683. The standard InChI is InChI=1S/C18H16ClN3O2/c1-2-18(14-6-4-3-5-7-14)16(23)22(17(24)21-18)20-12-13-8-10-15(19)11-9-13/h3-12H,2H2,1H3,(H,21,24)/b20-12-/t18-/m1/s1. The zero-order valence-corrected chi connectivity index (χ0v) is 13.8. The Hall–Kier alpha value is -2.66. The van der Waals surface area contributed by atoms with E-state index in [-0.39, 0.29) is 5.91 Å². The monoisotopic (exact) mass is 341 g/mol. The number of halogens is 1. The van der Waals surface area contributed by atoms with Crippen LogP contribution in [0.1, 0.15) is 24.5 Å². The Kier molecular flexibility index (Phi) is 4.36. The van der Waals surface area contributed by atoms with Crippen LogP contribution in [0.15, 0.2) is 59.7 Å². The molecule has 1 aliphatic heterocycles. The van der Waals surface area contributed by atoms with Crippen LogP contribution in [0.5, 0.6) is 0 Å². The van der Waals surface area contributed by atoms with Gasteiger partial charge in [0.25, 0.3) is 5.91 Å². The van der Waals surface area contributed by atoms with Gasteiger partial charge in [-0.2, -0.15) is 5.10 Å². The van der Waals surface area contributed by atoms with Crippen molar-refractivity contribution in [2.24, 2.45) is 5.10 Å². The highest BCUT2D eigenvalue weighted by Gasteiger charge is 2.51. The Bertz CT molecular complexity index is 790. The molecule has 3 amide bonds.